The van der Waals surface area contributed by atoms with Gasteiger partial charge in [-0.1, -0.05) is 77.4 Å². The lowest BCUT2D eigenvalue weighted by molar-refractivity contribution is 0.484. The van der Waals surface area contributed by atoms with Crippen LogP contribution in [0.25, 0.3) is 22.7 Å². The van der Waals surface area contributed by atoms with E-state index in [2.05, 4.69) is 101 Å². The molecule has 4 rings (SSSR count). The molecule has 140 valence electrons. The molecule has 0 spiro atoms. The van der Waals surface area contributed by atoms with Crippen LogP contribution in [-0.2, 0) is 11.8 Å². The van der Waals surface area contributed by atoms with Crippen molar-refractivity contribution >= 4 is 17.0 Å². The van der Waals surface area contributed by atoms with Crippen LogP contribution in [-0.4, -0.2) is 4.57 Å². The zero-order valence-corrected chi connectivity index (χ0v) is 17.6. The van der Waals surface area contributed by atoms with Crippen LogP contribution in [0.2, 0.25) is 0 Å². The van der Waals surface area contributed by atoms with Gasteiger partial charge in [-0.05, 0) is 59.1 Å². The second-order valence-electron chi connectivity index (χ2n) is 9.93. The van der Waals surface area contributed by atoms with Gasteiger partial charge < -0.3 is 4.57 Å². The molecule has 1 aromatic heterocycles. The van der Waals surface area contributed by atoms with E-state index in [0.717, 1.165) is 12.8 Å². The third kappa shape index (κ3) is 3.14. The van der Waals surface area contributed by atoms with Gasteiger partial charge in [-0.2, -0.15) is 0 Å². The summed E-state index contributed by atoms with van der Waals surface area (Å²) in [6, 6.07) is 18.0. The smallest absolute Gasteiger partial charge is 0.0537 e. The first kappa shape index (κ1) is 18.1. The maximum absolute atomic E-state index is 2.46. The molecule has 1 aliphatic carbocycles. The van der Waals surface area contributed by atoms with Crippen LogP contribution in [0.15, 0.2) is 54.1 Å². The third-order valence-corrected chi connectivity index (χ3v) is 5.93. The Morgan fingerprint density at radius 2 is 1.41 bits per heavy atom. The predicted molar refractivity (Wildman–Crippen MR) is 118 cm³/mol. The molecule has 1 heterocycles. The van der Waals surface area contributed by atoms with Crippen molar-refractivity contribution in [2.45, 2.75) is 59.8 Å². The first-order valence-corrected chi connectivity index (χ1v) is 10.1. The molecule has 1 heteroatoms. The molecule has 2 aromatic carbocycles. The summed E-state index contributed by atoms with van der Waals surface area (Å²) in [6.07, 6.45) is 4.75. The number of allylic oxidation sites excluding steroid dienone is 1. The van der Waals surface area contributed by atoms with Gasteiger partial charge >= 0.3 is 0 Å². The number of aromatic nitrogens is 1. The van der Waals surface area contributed by atoms with Crippen molar-refractivity contribution in [3.8, 4) is 5.69 Å². The largest absolute Gasteiger partial charge is 0.310 e. The molecule has 3 aromatic rings. The van der Waals surface area contributed by atoms with E-state index < -0.39 is 0 Å². The van der Waals surface area contributed by atoms with Crippen LogP contribution >= 0.6 is 0 Å². The van der Waals surface area contributed by atoms with Gasteiger partial charge in [0.25, 0.3) is 0 Å². The van der Waals surface area contributed by atoms with Crippen molar-refractivity contribution in [1.29, 1.82) is 0 Å². The fraction of sp³-hybridized carbons (Fsp3) is 0.385. The summed E-state index contributed by atoms with van der Waals surface area (Å²) in [5.41, 5.74) is 8.76. The Morgan fingerprint density at radius 1 is 0.741 bits per heavy atom. The number of hydrogen-bond acceptors (Lipinski definition) is 0. The second-order valence-corrected chi connectivity index (χ2v) is 9.93. The van der Waals surface area contributed by atoms with Crippen LogP contribution in [0.5, 0.6) is 0 Å². The molecule has 0 bridgehead atoms. The molecular weight excluding hydrogens is 326 g/mol. The summed E-state index contributed by atoms with van der Waals surface area (Å²) in [5.74, 6) is 0. The number of nitrogens with zero attached hydrogens (tertiary/aromatic N) is 1. The monoisotopic (exact) mass is 357 g/mol. The first-order chi connectivity index (χ1) is 12.7. The van der Waals surface area contributed by atoms with Gasteiger partial charge in [-0.3, -0.25) is 0 Å². The summed E-state index contributed by atoms with van der Waals surface area (Å²) in [7, 11) is 0. The number of hydrogen-bond donors (Lipinski definition) is 0. The molecule has 0 unspecified atom stereocenters. The fourth-order valence-corrected chi connectivity index (χ4v) is 4.22. The highest BCUT2D eigenvalue weighted by atomic mass is 15.0. The maximum Gasteiger partial charge on any atom is 0.0537 e. The van der Waals surface area contributed by atoms with Crippen molar-refractivity contribution in [3.05, 3.63) is 70.9 Å². The molecule has 0 atom stereocenters. The molecule has 0 N–H and O–H groups in total. The van der Waals surface area contributed by atoms with Crippen molar-refractivity contribution in [2.75, 3.05) is 0 Å². The fourth-order valence-electron chi connectivity index (χ4n) is 4.22. The van der Waals surface area contributed by atoms with Crippen molar-refractivity contribution in [2.24, 2.45) is 5.41 Å². The molecule has 0 amide bonds. The van der Waals surface area contributed by atoms with E-state index in [1.807, 2.05) is 0 Å². The molecular formula is C26H31N. The average molecular weight is 358 g/mol. The SMILES string of the molecule is CC(C)(C)C1=Cc2c(c3ccccc3n2-c2ccc(C(C)(C)C)cc2)CC1. The van der Waals surface area contributed by atoms with Gasteiger partial charge in [0.05, 0.1) is 5.52 Å². The topological polar surface area (TPSA) is 4.93 Å². The maximum atomic E-state index is 2.46. The van der Waals surface area contributed by atoms with E-state index in [9.17, 15) is 0 Å². The minimum atomic E-state index is 0.177. The lowest BCUT2D eigenvalue weighted by atomic mass is 9.79. The van der Waals surface area contributed by atoms with E-state index in [4.69, 9.17) is 0 Å². The number of para-hydroxylation sites is 1. The summed E-state index contributed by atoms with van der Waals surface area (Å²) in [5, 5.41) is 1.40. The van der Waals surface area contributed by atoms with Gasteiger partial charge in [-0.15, -0.1) is 0 Å². The molecule has 0 radical (unpaired) electrons. The third-order valence-electron chi connectivity index (χ3n) is 5.93. The van der Waals surface area contributed by atoms with Crippen molar-refractivity contribution < 1.29 is 0 Å². The Bertz CT molecular complexity index is 1010. The van der Waals surface area contributed by atoms with E-state index in [0.29, 0.717) is 0 Å². The number of benzene rings is 2. The van der Waals surface area contributed by atoms with Crippen LogP contribution < -0.4 is 0 Å². The Morgan fingerprint density at radius 3 is 2.04 bits per heavy atom. The summed E-state index contributed by atoms with van der Waals surface area (Å²) >= 11 is 0. The first-order valence-electron chi connectivity index (χ1n) is 10.1. The summed E-state index contributed by atoms with van der Waals surface area (Å²) in [4.78, 5) is 0. The average Bonchev–Trinajstić information content (AvgIpc) is 2.94. The summed E-state index contributed by atoms with van der Waals surface area (Å²) < 4.78 is 2.46. The molecule has 0 saturated carbocycles. The van der Waals surface area contributed by atoms with Gasteiger partial charge in [-0.25, -0.2) is 0 Å². The van der Waals surface area contributed by atoms with Crippen molar-refractivity contribution in [1.82, 2.24) is 4.57 Å². The highest BCUT2D eigenvalue weighted by Crippen LogP contribution is 2.40. The minimum absolute atomic E-state index is 0.177. The molecule has 1 aliphatic rings. The predicted octanol–water partition coefficient (Wildman–Crippen LogP) is 7.30. The lowest BCUT2D eigenvalue weighted by Gasteiger charge is -2.27. The molecule has 1 nitrogen and oxygen atoms in total. The van der Waals surface area contributed by atoms with Crippen molar-refractivity contribution in [3.63, 3.8) is 0 Å². The normalized spacial score (nSPS) is 15.0. The van der Waals surface area contributed by atoms with E-state index >= 15 is 0 Å². The van der Waals surface area contributed by atoms with Crippen LogP contribution in [0.3, 0.4) is 0 Å². The Kier molecular flexibility index (Phi) is 4.10. The number of rotatable bonds is 1. The highest BCUT2D eigenvalue weighted by molar-refractivity contribution is 5.91. The highest BCUT2D eigenvalue weighted by Gasteiger charge is 2.25. The molecule has 0 saturated heterocycles. The van der Waals surface area contributed by atoms with E-state index in [-0.39, 0.29) is 10.8 Å². The number of fused-ring (bicyclic) bond motifs is 3. The van der Waals surface area contributed by atoms with Crippen LogP contribution in [0.4, 0.5) is 0 Å². The quantitative estimate of drug-likeness (QED) is 0.430. The summed E-state index contributed by atoms with van der Waals surface area (Å²) in [6.45, 7) is 13.8. The Hall–Kier alpha value is -2.28. The second kappa shape index (κ2) is 6.12. The minimum Gasteiger partial charge on any atom is -0.310 e. The zero-order valence-electron chi connectivity index (χ0n) is 17.6. The molecule has 0 aliphatic heterocycles. The van der Waals surface area contributed by atoms with Crippen LogP contribution in [0, 0.1) is 5.41 Å². The molecule has 27 heavy (non-hydrogen) atoms. The number of aryl methyl sites for hydroxylation is 1. The van der Waals surface area contributed by atoms with Gasteiger partial charge in [0.2, 0.25) is 0 Å². The van der Waals surface area contributed by atoms with Crippen LogP contribution in [0.1, 0.15) is 64.8 Å². The Labute approximate surface area is 163 Å². The lowest BCUT2D eigenvalue weighted by Crippen LogP contribution is -2.14. The standard InChI is InChI=1S/C26H31N/c1-25(2,3)18-11-14-20(15-12-18)27-23-10-8-7-9-21(23)22-16-13-19(17-24(22)27)26(4,5)6/h7-12,14-15,17H,13,16H2,1-6H3. The van der Waals surface area contributed by atoms with E-state index in [1.165, 1.54) is 33.4 Å². The zero-order chi connectivity index (χ0) is 19.4. The van der Waals surface area contributed by atoms with Gasteiger partial charge in [0, 0.05) is 16.8 Å². The van der Waals surface area contributed by atoms with E-state index in [1.54, 1.807) is 5.57 Å². The molecule has 0 fully saturated rings. The van der Waals surface area contributed by atoms with Gasteiger partial charge in [0.15, 0.2) is 0 Å². The Balaban J connectivity index is 1.95. The van der Waals surface area contributed by atoms with Gasteiger partial charge in [0.1, 0.15) is 0 Å².